The lowest BCUT2D eigenvalue weighted by Crippen LogP contribution is -2.39. The van der Waals surface area contributed by atoms with E-state index in [1.807, 2.05) is 18.2 Å². The molecule has 0 bridgehead atoms. The molecule has 1 saturated heterocycles. The van der Waals surface area contributed by atoms with Crippen molar-refractivity contribution < 1.29 is 9.53 Å². The molecule has 2 atom stereocenters. The number of nitrogens with one attached hydrogen (secondary N) is 2. The second-order valence-electron chi connectivity index (χ2n) is 5.09. The minimum Gasteiger partial charge on any atom is -0.494 e. The molecule has 1 amide bonds. The molecule has 104 valence electrons. The van der Waals surface area contributed by atoms with Crippen molar-refractivity contribution in [2.24, 2.45) is 5.92 Å². The van der Waals surface area contributed by atoms with E-state index in [0.29, 0.717) is 18.1 Å². The van der Waals surface area contributed by atoms with E-state index in [0.717, 1.165) is 25.3 Å². The second-order valence-corrected chi connectivity index (χ2v) is 5.09. The Labute approximate surface area is 114 Å². The van der Waals surface area contributed by atoms with Gasteiger partial charge in [0.2, 0.25) is 0 Å². The Morgan fingerprint density at radius 1 is 1.47 bits per heavy atom. The third kappa shape index (κ3) is 3.70. The van der Waals surface area contributed by atoms with Gasteiger partial charge in [0.05, 0.1) is 6.61 Å². The number of rotatable bonds is 5. The summed E-state index contributed by atoms with van der Waals surface area (Å²) in [6, 6.07) is 7.58. The summed E-state index contributed by atoms with van der Waals surface area (Å²) >= 11 is 0. The van der Waals surface area contributed by atoms with Crippen LogP contribution in [0.2, 0.25) is 0 Å². The third-order valence-electron chi connectivity index (χ3n) is 3.40. The summed E-state index contributed by atoms with van der Waals surface area (Å²) in [7, 11) is 0. The predicted octanol–water partition coefficient (Wildman–Crippen LogP) is 1.81. The van der Waals surface area contributed by atoms with Crippen molar-refractivity contribution >= 4 is 5.91 Å². The molecular weight excluding hydrogens is 240 g/mol. The monoisotopic (exact) mass is 262 g/mol. The Morgan fingerprint density at radius 2 is 2.32 bits per heavy atom. The fourth-order valence-electron chi connectivity index (χ4n) is 2.20. The average molecular weight is 262 g/mol. The first-order valence-electron chi connectivity index (χ1n) is 6.95. The normalized spacial score (nSPS) is 22.2. The van der Waals surface area contributed by atoms with Crippen LogP contribution in [0.15, 0.2) is 24.3 Å². The van der Waals surface area contributed by atoms with E-state index in [1.54, 1.807) is 6.07 Å². The highest BCUT2D eigenvalue weighted by Crippen LogP contribution is 2.15. The molecule has 0 aromatic heterocycles. The van der Waals surface area contributed by atoms with Crippen LogP contribution in [-0.4, -0.2) is 31.6 Å². The third-order valence-corrected chi connectivity index (χ3v) is 3.40. The quantitative estimate of drug-likeness (QED) is 0.851. The van der Waals surface area contributed by atoms with Gasteiger partial charge in [-0.1, -0.05) is 19.9 Å². The zero-order valence-electron chi connectivity index (χ0n) is 11.6. The first-order chi connectivity index (χ1) is 9.20. The second kappa shape index (κ2) is 6.57. The van der Waals surface area contributed by atoms with Gasteiger partial charge in [-0.3, -0.25) is 4.79 Å². The van der Waals surface area contributed by atoms with Gasteiger partial charge < -0.3 is 15.4 Å². The smallest absolute Gasteiger partial charge is 0.251 e. The molecule has 0 radical (unpaired) electrons. The topological polar surface area (TPSA) is 50.4 Å². The molecule has 1 aliphatic heterocycles. The lowest BCUT2D eigenvalue weighted by molar-refractivity contribution is 0.0932. The molecule has 2 rings (SSSR count). The van der Waals surface area contributed by atoms with E-state index in [-0.39, 0.29) is 11.9 Å². The zero-order chi connectivity index (χ0) is 13.7. The number of hydrogen-bond acceptors (Lipinski definition) is 3. The van der Waals surface area contributed by atoms with Gasteiger partial charge in [0, 0.05) is 18.2 Å². The van der Waals surface area contributed by atoms with E-state index >= 15 is 0 Å². The number of ether oxygens (including phenoxy) is 1. The van der Waals surface area contributed by atoms with Crippen LogP contribution in [0.25, 0.3) is 0 Å². The van der Waals surface area contributed by atoms with Gasteiger partial charge in [0.15, 0.2) is 0 Å². The van der Waals surface area contributed by atoms with Crippen LogP contribution in [0.1, 0.15) is 30.6 Å². The molecule has 1 aromatic rings. The molecule has 1 fully saturated rings. The van der Waals surface area contributed by atoms with Crippen molar-refractivity contribution in [1.29, 1.82) is 0 Å². The molecule has 1 aliphatic rings. The van der Waals surface area contributed by atoms with E-state index < -0.39 is 0 Å². The standard InChI is InChI=1S/C15H22N2O2/c1-3-7-19-13-6-4-5-12(8-13)15(18)17-14-10-16-9-11(14)2/h4-6,8,11,14,16H,3,7,9-10H2,1-2H3,(H,17,18). The van der Waals surface area contributed by atoms with Crippen LogP contribution < -0.4 is 15.4 Å². The molecule has 4 nitrogen and oxygen atoms in total. The van der Waals surface area contributed by atoms with Gasteiger partial charge in [-0.15, -0.1) is 0 Å². The van der Waals surface area contributed by atoms with Crippen LogP contribution >= 0.6 is 0 Å². The summed E-state index contributed by atoms with van der Waals surface area (Å²) in [6.07, 6.45) is 0.960. The molecular formula is C15H22N2O2. The van der Waals surface area contributed by atoms with Gasteiger partial charge in [-0.25, -0.2) is 0 Å². The average Bonchev–Trinajstić information content (AvgIpc) is 2.82. The first-order valence-corrected chi connectivity index (χ1v) is 6.95. The van der Waals surface area contributed by atoms with Crippen molar-refractivity contribution in [3.8, 4) is 5.75 Å². The molecule has 0 aliphatic carbocycles. The van der Waals surface area contributed by atoms with Crippen molar-refractivity contribution in [2.75, 3.05) is 19.7 Å². The highest BCUT2D eigenvalue weighted by molar-refractivity contribution is 5.94. The Morgan fingerprint density at radius 3 is 3.00 bits per heavy atom. The minimum absolute atomic E-state index is 0.0255. The molecule has 4 heteroatoms. The fraction of sp³-hybridized carbons (Fsp3) is 0.533. The van der Waals surface area contributed by atoms with Crippen molar-refractivity contribution in [2.45, 2.75) is 26.3 Å². The summed E-state index contributed by atoms with van der Waals surface area (Å²) in [4.78, 5) is 12.2. The highest BCUT2D eigenvalue weighted by atomic mass is 16.5. The van der Waals surface area contributed by atoms with Gasteiger partial charge in [0.25, 0.3) is 5.91 Å². The maximum absolute atomic E-state index is 12.2. The molecule has 0 spiro atoms. The maximum Gasteiger partial charge on any atom is 0.251 e. The Balaban J connectivity index is 1.98. The van der Waals surface area contributed by atoms with E-state index in [9.17, 15) is 4.79 Å². The summed E-state index contributed by atoms with van der Waals surface area (Å²) in [5.41, 5.74) is 0.660. The molecule has 19 heavy (non-hydrogen) atoms. The summed E-state index contributed by atoms with van der Waals surface area (Å²) in [5.74, 6) is 1.21. The lowest BCUT2D eigenvalue weighted by Gasteiger charge is -2.16. The molecule has 1 aromatic carbocycles. The number of carbonyl (C=O) groups excluding carboxylic acids is 1. The Kier molecular flexibility index (Phi) is 4.80. The summed E-state index contributed by atoms with van der Waals surface area (Å²) in [6.45, 7) is 6.69. The Bertz CT molecular complexity index is 434. The number of hydrogen-bond donors (Lipinski definition) is 2. The van der Waals surface area contributed by atoms with E-state index in [1.165, 1.54) is 0 Å². The van der Waals surface area contributed by atoms with Gasteiger partial charge in [-0.2, -0.15) is 0 Å². The lowest BCUT2D eigenvalue weighted by atomic mass is 10.1. The minimum atomic E-state index is -0.0255. The van der Waals surface area contributed by atoms with E-state index in [2.05, 4.69) is 24.5 Å². The Hall–Kier alpha value is -1.55. The molecule has 2 unspecified atom stereocenters. The molecule has 0 saturated carbocycles. The van der Waals surface area contributed by atoms with Crippen molar-refractivity contribution in [3.05, 3.63) is 29.8 Å². The number of carbonyl (C=O) groups is 1. The largest absolute Gasteiger partial charge is 0.494 e. The summed E-state index contributed by atoms with van der Waals surface area (Å²) in [5, 5.41) is 6.35. The summed E-state index contributed by atoms with van der Waals surface area (Å²) < 4.78 is 5.54. The van der Waals surface area contributed by atoms with Crippen molar-refractivity contribution in [3.63, 3.8) is 0 Å². The van der Waals surface area contributed by atoms with Crippen molar-refractivity contribution in [1.82, 2.24) is 10.6 Å². The predicted molar refractivity (Wildman–Crippen MR) is 75.5 cm³/mol. The first kappa shape index (κ1) is 13.9. The molecule has 2 N–H and O–H groups in total. The van der Waals surface area contributed by atoms with Crippen LogP contribution in [0.3, 0.4) is 0 Å². The van der Waals surface area contributed by atoms with Gasteiger partial charge in [0.1, 0.15) is 5.75 Å². The SMILES string of the molecule is CCCOc1cccc(C(=O)NC2CNCC2C)c1. The highest BCUT2D eigenvalue weighted by Gasteiger charge is 2.24. The maximum atomic E-state index is 12.2. The van der Waals surface area contributed by atoms with Crippen LogP contribution in [0.4, 0.5) is 0 Å². The number of benzene rings is 1. The van der Waals surface area contributed by atoms with Crippen LogP contribution in [-0.2, 0) is 0 Å². The van der Waals surface area contributed by atoms with Crippen LogP contribution in [0.5, 0.6) is 5.75 Å². The van der Waals surface area contributed by atoms with Gasteiger partial charge in [-0.05, 0) is 37.1 Å². The van der Waals surface area contributed by atoms with E-state index in [4.69, 9.17) is 4.74 Å². The number of amides is 1. The van der Waals surface area contributed by atoms with Crippen LogP contribution in [0, 0.1) is 5.92 Å². The fourth-order valence-corrected chi connectivity index (χ4v) is 2.20. The van der Waals surface area contributed by atoms with Gasteiger partial charge >= 0.3 is 0 Å². The molecule has 1 heterocycles. The zero-order valence-corrected chi connectivity index (χ0v) is 11.6.